The van der Waals surface area contributed by atoms with Crippen LogP contribution in [0.2, 0.25) is 10.3 Å². The third kappa shape index (κ3) is 3.14. The zero-order valence-corrected chi connectivity index (χ0v) is 11.7. The summed E-state index contributed by atoms with van der Waals surface area (Å²) in [6.45, 7) is 0.0414. The number of hydrogen-bond donors (Lipinski definition) is 0. The maximum absolute atomic E-state index is 12.5. The molecule has 0 unspecified atom stereocenters. The highest BCUT2D eigenvalue weighted by Crippen LogP contribution is 2.26. The summed E-state index contributed by atoms with van der Waals surface area (Å²) in [5.41, 5.74) is 0.198. The number of hydrogen-bond acceptors (Lipinski definition) is 4. The van der Waals surface area contributed by atoms with E-state index in [1.165, 1.54) is 6.07 Å². The standard InChI is InChI=1S/C12H12Cl2N4O/c13-10-7-9(11(14)17-16-10)12(19)18(6-5-15)8-3-1-2-4-8/h7-8H,1-4,6H2. The first-order valence-electron chi connectivity index (χ1n) is 6.00. The van der Waals surface area contributed by atoms with Crippen molar-refractivity contribution in [3.05, 3.63) is 21.9 Å². The Hall–Kier alpha value is -1.38. The second kappa shape index (κ2) is 6.18. The summed E-state index contributed by atoms with van der Waals surface area (Å²) >= 11 is 11.6. The summed E-state index contributed by atoms with van der Waals surface area (Å²) in [5.74, 6) is -0.310. The van der Waals surface area contributed by atoms with Crippen LogP contribution in [0.5, 0.6) is 0 Å². The Bertz CT molecular complexity index is 523. The molecule has 0 spiro atoms. The van der Waals surface area contributed by atoms with Crippen molar-refractivity contribution in [1.29, 1.82) is 5.26 Å². The molecule has 1 aromatic heterocycles. The topological polar surface area (TPSA) is 69.9 Å². The van der Waals surface area contributed by atoms with E-state index in [1.807, 2.05) is 6.07 Å². The van der Waals surface area contributed by atoms with E-state index in [2.05, 4.69) is 10.2 Å². The third-order valence-corrected chi connectivity index (χ3v) is 3.68. The molecule has 0 atom stereocenters. The van der Waals surface area contributed by atoms with Crippen LogP contribution in [0.25, 0.3) is 0 Å². The van der Waals surface area contributed by atoms with Gasteiger partial charge in [-0.3, -0.25) is 4.79 Å². The first-order valence-corrected chi connectivity index (χ1v) is 6.75. The van der Waals surface area contributed by atoms with Crippen LogP contribution in [0.1, 0.15) is 36.0 Å². The summed E-state index contributed by atoms with van der Waals surface area (Å²) in [5, 5.41) is 16.2. The minimum atomic E-state index is -0.310. The number of nitrogens with zero attached hydrogens (tertiary/aromatic N) is 4. The van der Waals surface area contributed by atoms with Crippen molar-refractivity contribution >= 4 is 29.1 Å². The van der Waals surface area contributed by atoms with Crippen molar-refractivity contribution < 1.29 is 4.79 Å². The van der Waals surface area contributed by atoms with Crippen molar-refractivity contribution in [2.24, 2.45) is 0 Å². The fraction of sp³-hybridized carbons (Fsp3) is 0.500. The number of carbonyl (C=O) groups is 1. The van der Waals surface area contributed by atoms with Gasteiger partial charge in [0.25, 0.3) is 5.91 Å². The summed E-state index contributed by atoms with van der Waals surface area (Å²) in [4.78, 5) is 14.0. The van der Waals surface area contributed by atoms with Gasteiger partial charge < -0.3 is 4.90 Å². The summed E-state index contributed by atoms with van der Waals surface area (Å²) in [7, 11) is 0. The highest BCUT2D eigenvalue weighted by molar-refractivity contribution is 6.34. The zero-order valence-electron chi connectivity index (χ0n) is 10.1. The predicted molar refractivity (Wildman–Crippen MR) is 71.0 cm³/mol. The maximum atomic E-state index is 12.5. The molecule has 0 radical (unpaired) electrons. The average molecular weight is 299 g/mol. The second-order valence-corrected chi connectivity index (χ2v) is 5.15. The molecule has 1 heterocycles. The van der Waals surface area contributed by atoms with Crippen molar-refractivity contribution in [2.45, 2.75) is 31.7 Å². The van der Waals surface area contributed by atoms with Crippen LogP contribution in [0, 0.1) is 11.3 Å². The predicted octanol–water partition coefficient (Wildman–Crippen LogP) is 2.69. The quantitative estimate of drug-likeness (QED) is 0.805. The van der Waals surface area contributed by atoms with Gasteiger partial charge in [0.15, 0.2) is 10.3 Å². The number of halogens is 2. The normalized spacial score (nSPS) is 15.2. The monoisotopic (exact) mass is 298 g/mol. The molecule has 7 heteroatoms. The average Bonchev–Trinajstić information content (AvgIpc) is 2.92. The fourth-order valence-electron chi connectivity index (χ4n) is 2.32. The molecular formula is C12H12Cl2N4O. The zero-order chi connectivity index (χ0) is 13.8. The van der Waals surface area contributed by atoms with E-state index in [-0.39, 0.29) is 34.4 Å². The van der Waals surface area contributed by atoms with Crippen LogP contribution in [0.3, 0.4) is 0 Å². The molecule has 2 rings (SSSR count). The van der Waals surface area contributed by atoms with Crippen molar-refractivity contribution in [1.82, 2.24) is 15.1 Å². The van der Waals surface area contributed by atoms with Crippen molar-refractivity contribution in [2.75, 3.05) is 6.54 Å². The molecule has 1 fully saturated rings. The summed E-state index contributed by atoms with van der Waals surface area (Å²) < 4.78 is 0. The van der Waals surface area contributed by atoms with Crippen LogP contribution in [-0.4, -0.2) is 33.6 Å². The molecule has 5 nitrogen and oxygen atoms in total. The molecule has 1 amide bonds. The maximum Gasteiger partial charge on any atom is 0.258 e. The first kappa shape index (κ1) is 14.0. The number of nitriles is 1. The highest BCUT2D eigenvalue weighted by Gasteiger charge is 2.28. The van der Waals surface area contributed by atoms with E-state index in [4.69, 9.17) is 28.5 Å². The Balaban J connectivity index is 2.28. The SMILES string of the molecule is N#CCN(C(=O)c1cc(Cl)nnc1Cl)C1CCCC1. The van der Waals surface area contributed by atoms with Gasteiger partial charge in [0.05, 0.1) is 11.6 Å². The summed E-state index contributed by atoms with van der Waals surface area (Å²) in [6, 6.07) is 3.50. The number of aromatic nitrogens is 2. The number of rotatable bonds is 3. The molecule has 0 bridgehead atoms. The Labute approximate surface area is 121 Å². The van der Waals surface area contributed by atoms with Gasteiger partial charge in [0.2, 0.25) is 0 Å². The molecule has 100 valence electrons. The lowest BCUT2D eigenvalue weighted by molar-refractivity contribution is 0.0709. The van der Waals surface area contributed by atoms with Gasteiger partial charge in [-0.15, -0.1) is 10.2 Å². The summed E-state index contributed by atoms with van der Waals surface area (Å²) in [6.07, 6.45) is 3.97. The van der Waals surface area contributed by atoms with E-state index >= 15 is 0 Å². The Morgan fingerprint density at radius 3 is 2.74 bits per heavy atom. The first-order chi connectivity index (χ1) is 9.13. The molecule has 1 saturated carbocycles. The molecule has 1 aliphatic rings. The van der Waals surface area contributed by atoms with Gasteiger partial charge in [-0.2, -0.15) is 5.26 Å². The lowest BCUT2D eigenvalue weighted by atomic mass is 10.1. The molecular weight excluding hydrogens is 287 g/mol. The lowest BCUT2D eigenvalue weighted by Crippen LogP contribution is -2.39. The minimum absolute atomic E-state index is 0.00957. The van der Waals surface area contributed by atoms with Crippen LogP contribution in [0.4, 0.5) is 0 Å². The van der Waals surface area contributed by atoms with Gasteiger partial charge in [-0.25, -0.2) is 0 Å². The number of carbonyl (C=O) groups excluding carboxylic acids is 1. The Morgan fingerprint density at radius 1 is 1.42 bits per heavy atom. The van der Waals surface area contributed by atoms with Gasteiger partial charge >= 0.3 is 0 Å². The Kier molecular flexibility index (Phi) is 4.56. The third-order valence-electron chi connectivity index (χ3n) is 3.22. The molecule has 0 aliphatic heterocycles. The largest absolute Gasteiger partial charge is 0.322 e. The van der Waals surface area contributed by atoms with E-state index in [9.17, 15) is 4.79 Å². The van der Waals surface area contributed by atoms with Crippen LogP contribution in [0.15, 0.2) is 6.07 Å². The highest BCUT2D eigenvalue weighted by atomic mass is 35.5. The molecule has 19 heavy (non-hydrogen) atoms. The smallest absolute Gasteiger partial charge is 0.258 e. The van der Waals surface area contributed by atoms with E-state index in [0.717, 1.165) is 25.7 Å². The van der Waals surface area contributed by atoms with E-state index in [1.54, 1.807) is 4.90 Å². The van der Waals surface area contributed by atoms with Crippen LogP contribution < -0.4 is 0 Å². The number of amides is 1. The van der Waals surface area contributed by atoms with Gasteiger partial charge in [0, 0.05) is 6.04 Å². The van der Waals surface area contributed by atoms with Crippen LogP contribution >= 0.6 is 23.2 Å². The lowest BCUT2D eigenvalue weighted by Gasteiger charge is -2.26. The fourth-order valence-corrected chi connectivity index (χ4v) is 2.64. The molecule has 0 N–H and O–H groups in total. The van der Waals surface area contributed by atoms with Crippen molar-refractivity contribution in [3.63, 3.8) is 0 Å². The Morgan fingerprint density at radius 2 is 2.11 bits per heavy atom. The van der Waals surface area contributed by atoms with Crippen LogP contribution in [-0.2, 0) is 0 Å². The molecule has 1 aromatic rings. The van der Waals surface area contributed by atoms with Gasteiger partial charge in [-0.05, 0) is 18.9 Å². The molecule has 0 saturated heterocycles. The van der Waals surface area contributed by atoms with E-state index in [0.29, 0.717) is 0 Å². The van der Waals surface area contributed by atoms with Gasteiger partial charge in [-0.1, -0.05) is 36.0 Å². The second-order valence-electron chi connectivity index (χ2n) is 4.40. The van der Waals surface area contributed by atoms with Crippen molar-refractivity contribution in [3.8, 4) is 6.07 Å². The van der Waals surface area contributed by atoms with E-state index < -0.39 is 0 Å². The molecule has 0 aromatic carbocycles. The molecule has 1 aliphatic carbocycles. The minimum Gasteiger partial charge on any atom is -0.322 e. The van der Waals surface area contributed by atoms with Gasteiger partial charge in [0.1, 0.15) is 6.54 Å².